The van der Waals surface area contributed by atoms with Gasteiger partial charge in [-0.25, -0.2) is 4.31 Å². The Hall–Kier alpha value is -2.17. The summed E-state index contributed by atoms with van der Waals surface area (Å²) in [6, 6.07) is -1.80. The van der Waals surface area contributed by atoms with Crippen LogP contribution in [0.4, 0.5) is 26.3 Å². The summed E-state index contributed by atoms with van der Waals surface area (Å²) in [5, 5.41) is 0. The van der Waals surface area contributed by atoms with E-state index in [1.807, 2.05) is 0 Å². The Kier molecular flexibility index (Phi) is 5.86. The first-order valence-electron chi connectivity index (χ1n) is 10.4. The molecule has 3 atom stereocenters. The topological polar surface area (TPSA) is 110 Å². The van der Waals surface area contributed by atoms with Crippen LogP contribution in [0, 0.1) is 5.41 Å². The normalized spacial score (nSPS) is 31.5. The van der Waals surface area contributed by atoms with Crippen molar-refractivity contribution in [1.82, 2.24) is 8.61 Å². The van der Waals surface area contributed by atoms with E-state index in [1.54, 1.807) is 0 Å². The zero-order chi connectivity index (χ0) is 26.2. The van der Waals surface area contributed by atoms with E-state index >= 15 is 0 Å². The average Bonchev–Trinajstić information content (AvgIpc) is 3.25. The third-order valence-electron chi connectivity index (χ3n) is 6.58. The molecule has 3 unspecified atom stereocenters. The van der Waals surface area contributed by atoms with E-state index < -0.39 is 78.7 Å². The van der Waals surface area contributed by atoms with Gasteiger partial charge >= 0.3 is 37.0 Å². The molecule has 1 saturated carbocycles. The molecule has 0 N–H and O–H groups in total. The fourth-order valence-corrected chi connectivity index (χ4v) is 7.13. The van der Waals surface area contributed by atoms with Crippen molar-refractivity contribution in [2.45, 2.75) is 68.3 Å². The first kappa shape index (κ1) is 25.9. The van der Waals surface area contributed by atoms with Crippen LogP contribution in [-0.4, -0.2) is 67.2 Å². The van der Waals surface area contributed by atoms with Gasteiger partial charge in [-0.15, -0.1) is 0 Å². The Balaban J connectivity index is 1.93. The minimum atomic E-state index is -6.04. The van der Waals surface area contributed by atoms with E-state index in [-0.39, 0.29) is 21.5 Å². The molecule has 17 heteroatoms. The predicted molar refractivity (Wildman–Crippen MR) is 104 cm³/mol. The van der Waals surface area contributed by atoms with Gasteiger partial charge in [0.2, 0.25) is 5.88 Å². The molecule has 0 bridgehead atoms. The summed E-state index contributed by atoms with van der Waals surface area (Å²) in [5.74, 6) is -1.89. The highest BCUT2D eigenvalue weighted by Gasteiger charge is 2.66. The second-order valence-electron chi connectivity index (χ2n) is 8.75. The van der Waals surface area contributed by atoms with Crippen LogP contribution in [0.2, 0.25) is 0 Å². The Morgan fingerprint density at radius 1 is 0.943 bits per heavy atom. The molecule has 4 rings (SSSR count). The average molecular weight is 554 g/mol. The Morgan fingerprint density at radius 2 is 1.51 bits per heavy atom. The van der Waals surface area contributed by atoms with Crippen molar-refractivity contribution in [1.29, 1.82) is 0 Å². The molecule has 35 heavy (non-hydrogen) atoms. The molecule has 0 aromatic rings. The molecule has 0 aromatic carbocycles. The van der Waals surface area contributed by atoms with Crippen molar-refractivity contribution < 1.29 is 57.4 Å². The lowest BCUT2D eigenvalue weighted by Gasteiger charge is -2.43. The second-order valence-corrected chi connectivity index (χ2v) is 12.4. The number of carbonyl (C=O) groups is 1. The van der Waals surface area contributed by atoms with E-state index in [4.69, 9.17) is 9.47 Å². The highest BCUT2D eigenvalue weighted by Crippen LogP contribution is 2.54. The standard InChI is InChI=1S/C18H20F6N2O7S2/c1-10-9-26(35(30,31)18(22,23)24)14(32-10)11-5-8-25(34(28,29)17(19,20)21)13-12(11)33-15(27)16(13)6-3-2-4-7-16/h5,8,10,12-13H,2-4,6-7,9H2,1H3/b14-11-. The fraction of sp³-hybridized carbons (Fsp3) is 0.722. The minimum Gasteiger partial charge on any atom is -0.473 e. The number of nitrogens with zero attached hydrogens (tertiary/aromatic N) is 2. The first-order chi connectivity index (χ1) is 15.9. The van der Waals surface area contributed by atoms with Crippen molar-refractivity contribution in [3.05, 3.63) is 23.7 Å². The summed E-state index contributed by atoms with van der Waals surface area (Å²) in [6.07, 6.45) is -0.439. The summed E-state index contributed by atoms with van der Waals surface area (Å²) >= 11 is 0. The molecule has 0 aromatic heterocycles. The van der Waals surface area contributed by atoms with Crippen LogP contribution in [0.25, 0.3) is 0 Å². The van der Waals surface area contributed by atoms with Gasteiger partial charge in [0.1, 0.15) is 12.1 Å². The molecule has 2 saturated heterocycles. The summed E-state index contributed by atoms with van der Waals surface area (Å²) < 4.78 is 140. The lowest BCUT2D eigenvalue weighted by atomic mass is 9.68. The lowest BCUT2D eigenvalue weighted by molar-refractivity contribution is -0.149. The molecule has 1 spiro atoms. The van der Waals surface area contributed by atoms with E-state index in [0.29, 0.717) is 31.5 Å². The largest absolute Gasteiger partial charge is 0.516 e. The number of rotatable bonds is 2. The molecular weight excluding hydrogens is 534 g/mol. The van der Waals surface area contributed by atoms with Gasteiger partial charge in [0.15, 0.2) is 6.10 Å². The van der Waals surface area contributed by atoms with E-state index in [0.717, 1.165) is 0 Å². The maximum atomic E-state index is 13.5. The van der Waals surface area contributed by atoms with E-state index in [9.17, 15) is 48.0 Å². The molecule has 1 aliphatic carbocycles. The third-order valence-corrected chi connectivity index (χ3v) is 9.55. The number of hydrogen-bond donors (Lipinski definition) is 0. The van der Waals surface area contributed by atoms with Gasteiger partial charge < -0.3 is 9.47 Å². The van der Waals surface area contributed by atoms with Crippen LogP contribution in [0.5, 0.6) is 0 Å². The SMILES string of the molecule is CC1CN(S(=O)(=O)C(F)(F)F)/C(=C2\C=CN(S(=O)(=O)C(F)(F)F)C3C2OC(=O)C32CCCCC2)O1. The van der Waals surface area contributed by atoms with Crippen LogP contribution in [0.15, 0.2) is 23.7 Å². The van der Waals surface area contributed by atoms with Crippen LogP contribution in [0.3, 0.4) is 0 Å². The van der Waals surface area contributed by atoms with Gasteiger partial charge in [-0.1, -0.05) is 19.3 Å². The number of sulfonamides is 2. The van der Waals surface area contributed by atoms with Gasteiger partial charge in [-0.2, -0.15) is 43.2 Å². The summed E-state index contributed by atoms with van der Waals surface area (Å²) in [6.45, 7) is 0.496. The predicted octanol–water partition coefficient (Wildman–Crippen LogP) is 2.69. The molecule has 4 aliphatic rings. The van der Waals surface area contributed by atoms with Crippen molar-refractivity contribution >= 4 is 26.0 Å². The lowest BCUT2D eigenvalue weighted by Crippen LogP contribution is -2.56. The fourth-order valence-electron chi connectivity index (χ4n) is 5.03. The maximum absolute atomic E-state index is 13.5. The van der Waals surface area contributed by atoms with Gasteiger partial charge in [0.25, 0.3) is 0 Å². The minimum absolute atomic E-state index is 0.0187. The van der Waals surface area contributed by atoms with Crippen molar-refractivity contribution in [3.63, 3.8) is 0 Å². The summed E-state index contributed by atoms with van der Waals surface area (Å²) in [5.41, 5.74) is -13.7. The molecule has 3 fully saturated rings. The Morgan fingerprint density at radius 3 is 2.06 bits per heavy atom. The highest BCUT2D eigenvalue weighted by molar-refractivity contribution is 7.90. The molecular formula is C18H20F6N2O7S2. The molecule has 3 aliphatic heterocycles. The number of halogens is 6. The second kappa shape index (κ2) is 7.91. The van der Waals surface area contributed by atoms with Crippen LogP contribution in [-0.2, 0) is 34.3 Å². The van der Waals surface area contributed by atoms with Crippen molar-refractivity contribution in [3.8, 4) is 0 Å². The molecule has 9 nitrogen and oxygen atoms in total. The zero-order valence-electron chi connectivity index (χ0n) is 18.0. The number of esters is 1. The van der Waals surface area contributed by atoms with Gasteiger partial charge in [-0.05, 0) is 25.8 Å². The summed E-state index contributed by atoms with van der Waals surface area (Å²) in [7, 11) is -12.0. The Labute approximate surface area is 196 Å². The van der Waals surface area contributed by atoms with Gasteiger partial charge in [0.05, 0.1) is 17.5 Å². The number of hydrogen-bond acceptors (Lipinski definition) is 7. The van der Waals surface area contributed by atoms with E-state index in [1.165, 1.54) is 6.92 Å². The van der Waals surface area contributed by atoms with Gasteiger partial charge in [0, 0.05) is 6.20 Å². The smallest absolute Gasteiger partial charge is 0.473 e. The van der Waals surface area contributed by atoms with Crippen LogP contribution < -0.4 is 0 Å². The highest BCUT2D eigenvalue weighted by atomic mass is 32.2. The van der Waals surface area contributed by atoms with Crippen molar-refractivity contribution in [2.75, 3.05) is 6.54 Å². The number of fused-ring (bicyclic) bond motifs is 2. The third kappa shape index (κ3) is 3.76. The number of ether oxygens (including phenoxy) is 2. The number of alkyl halides is 6. The molecule has 0 amide bonds. The van der Waals surface area contributed by atoms with Crippen LogP contribution >= 0.6 is 0 Å². The molecule has 198 valence electrons. The van der Waals surface area contributed by atoms with E-state index in [2.05, 4.69) is 0 Å². The van der Waals surface area contributed by atoms with Crippen LogP contribution in [0.1, 0.15) is 39.0 Å². The Bertz CT molecular complexity index is 1190. The van der Waals surface area contributed by atoms with Gasteiger partial charge in [-0.3, -0.25) is 9.10 Å². The first-order valence-corrected chi connectivity index (χ1v) is 13.3. The quantitative estimate of drug-likeness (QED) is 0.381. The molecule has 3 heterocycles. The zero-order valence-corrected chi connectivity index (χ0v) is 19.6. The van der Waals surface area contributed by atoms with Crippen molar-refractivity contribution in [2.24, 2.45) is 5.41 Å². The monoisotopic (exact) mass is 554 g/mol. The molecule has 0 radical (unpaired) electrons. The number of carbonyl (C=O) groups excluding carboxylic acids is 1. The maximum Gasteiger partial charge on any atom is 0.516 e. The summed E-state index contributed by atoms with van der Waals surface area (Å²) in [4.78, 5) is 13.0.